The van der Waals surface area contributed by atoms with Gasteiger partial charge in [0, 0.05) is 23.4 Å². The van der Waals surface area contributed by atoms with Gasteiger partial charge in [-0.15, -0.1) is 0 Å². The summed E-state index contributed by atoms with van der Waals surface area (Å²) in [6.45, 7) is 0. The van der Waals surface area contributed by atoms with E-state index in [1.165, 1.54) is 18.2 Å². The van der Waals surface area contributed by atoms with Crippen molar-refractivity contribution < 1.29 is 37.2 Å². The van der Waals surface area contributed by atoms with E-state index in [0.717, 1.165) is 53.4 Å². The number of nitrogens with zero attached hydrogens (tertiary/aromatic N) is 2. The van der Waals surface area contributed by atoms with Crippen LogP contribution in [0.5, 0.6) is 0 Å². The fourth-order valence-electron chi connectivity index (χ4n) is 3.79. The molecule has 1 fully saturated rings. The number of benzene rings is 3. The lowest BCUT2D eigenvalue weighted by Crippen LogP contribution is -2.29. The van der Waals surface area contributed by atoms with Gasteiger partial charge >= 0.3 is 6.18 Å². The molecule has 0 aromatic heterocycles. The van der Waals surface area contributed by atoms with Gasteiger partial charge in [0.15, 0.2) is 0 Å². The number of amides is 1. The van der Waals surface area contributed by atoms with Gasteiger partial charge in [-0.2, -0.15) is 13.2 Å². The average Bonchev–Trinajstić information content (AvgIpc) is 3.09. The first-order valence-corrected chi connectivity index (χ1v) is 9.97. The molecule has 11 heteroatoms. The number of non-ortho nitro benzene ring substituents is 1. The van der Waals surface area contributed by atoms with Gasteiger partial charge in [-0.1, -0.05) is 18.2 Å². The van der Waals surface area contributed by atoms with Crippen LogP contribution in [-0.2, 0) is 15.8 Å². The molecule has 0 bridgehead atoms. The van der Waals surface area contributed by atoms with E-state index in [2.05, 4.69) is 0 Å². The third kappa shape index (κ3) is 4.35. The lowest BCUT2D eigenvalue weighted by atomic mass is 9.95. The summed E-state index contributed by atoms with van der Waals surface area (Å²) in [6.07, 6.45) is -4.73. The maximum Gasteiger partial charge on any atom is 0.416 e. The largest absolute Gasteiger partial charge is 0.507 e. The Hall–Kier alpha value is -4.54. The number of rotatable bonds is 4. The molecule has 0 saturated carbocycles. The molecule has 0 spiro atoms. The Morgan fingerprint density at radius 3 is 2.17 bits per heavy atom. The number of ketones is 1. The summed E-state index contributed by atoms with van der Waals surface area (Å²) >= 11 is 0. The highest BCUT2D eigenvalue weighted by Crippen LogP contribution is 2.43. The van der Waals surface area contributed by atoms with Crippen LogP contribution < -0.4 is 4.90 Å². The van der Waals surface area contributed by atoms with Crippen LogP contribution in [0.15, 0.2) is 78.4 Å². The number of alkyl halides is 3. The van der Waals surface area contributed by atoms with Gasteiger partial charge in [0.1, 0.15) is 11.6 Å². The van der Waals surface area contributed by atoms with Crippen LogP contribution in [0.2, 0.25) is 0 Å². The van der Waals surface area contributed by atoms with Crippen molar-refractivity contribution in [1.82, 2.24) is 0 Å². The van der Waals surface area contributed by atoms with Gasteiger partial charge in [-0.3, -0.25) is 24.6 Å². The van der Waals surface area contributed by atoms with Crippen molar-refractivity contribution in [2.75, 3.05) is 4.90 Å². The van der Waals surface area contributed by atoms with Crippen LogP contribution in [0.25, 0.3) is 5.76 Å². The van der Waals surface area contributed by atoms with Crippen LogP contribution >= 0.6 is 0 Å². The van der Waals surface area contributed by atoms with Crippen molar-refractivity contribution in [3.63, 3.8) is 0 Å². The first kappa shape index (κ1) is 23.6. The number of anilines is 1. The molecular formula is C24H14F4N2O5. The van der Waals surface area contributed by atoms with Crippen LogP contribution in [0.3, 0.4) is 0 Å². The van der Waals surface area contributed by atoms with E-state index >= 15 is 0 Å². The summed E-state index contributed by atoms with van der Waals surface area (Å²) in [6, 6.07) is 11.4. The second-order valence-corrected chi connectivity index (χ2v) is 7.57. The van der Waals surface area contributed by atoms with Crippen LogP contribution in [0.4, 0.5) is 28.9 Å². The molecule has 1 aliphatic rings. The number of hydrogen-bond donors (Lipinski definition) is 1. The Kier molecular flexibility index (Phi) is 5.85. The first-order valence-electron chi connectivity index (χ1n) is 9.97. The molecule has 0 aliphatic carbocycles. The van der Waals surface area contributed by atoms with Gasteiger partial charge in [0.25, 0.3) is 17.4 Å². The Bertz CT molecular complexity index is 1370. The molecule has 4 rings (SSSR count). The van der Waals surface area contributed by atoms with E-state index in [1.54, 1.807) is 0 Å². The number of aliphatic hydroxyl groups is 1. The average molecular weight is 486 g/mol. The minimum atomic E-state index is -4.73. The molecule has 1 N–H and O–H groups in total. The molecule has 3 aromatic carbocycles. The van der Waals surface area contributed by atoms with Crippen LogP contribution in [0, 0.1) is 15.9 Å². The number of Topliss-reactive ketones (excluding diaryl/α,β-unsaturated/α-hetero) is 1. The van der Waals surface area contributed by atoms with Crippen molar-refractivity contribution in [3.05, 3.63) is 111 Å². The molecule has 1 aliphatic heterocycles. The molecule has 35 heavy (non-hydrogen) atoms. The lowest BCUT2D eigenvalue weighted by Gasteiger charge is -2.26. The van der Waals surface area contributed by atoms with E-state index < -0.39 is 51.5 Å². The van der Waals surface area contributed by atoms with Crippen molar-refractivity contribution in [1.29, 1.82) is 0 Å². The Morgan fingerprint density at radius 2 is 1.60 bits per heavy atom. The normalized spacial score (nSPS) is 17.6. The molecule has 1 atom stereocenters. The quantitative estimate of drug-likeness (QED) is 0.133. The number of halogens is 4. The number of nitro benzene ring substituents is 1. The highest BCUT2D eigenvalue weighted by Gasteiger charge is 2.47. The smallest absolute Gasteiger partial charge is 0.416 e. The predicted octanol–water partition coefficient (Wildman–Crippen LogP) is 5.38. The Balaban J connectivity index is 1.92. The van der Waals surface area contributed by atoms with Gasteiger partial charge in [0.2, 0.25) is 0 Å². The number of hydrogen-bond acceptors (Lipinski definition) is 5. The summed E-state index contributed by atoms with van der Waals surface area (Å²) in [5, 5.41) is 21.8. The van der Waals surface area contributed by atoms with E-state index in [-0.39, 0.29) is 22.5 Å². The van der Waals surface area contributed by atoms with Crippen molar-refractivity contribution in [2.24, 2.45) is 0 Å². The second-order valence-electron chi connectivity index (χ2n) is 7.57. The van der Waals surface area contributed by atoms with E-state index in [1.807, 2.05) is 0 Å². The third-order valence-corrected chi connectivity index (χ3v) is 5.43. The summed E-state index contributed by atoms with van der Waals surface area (Å²) in [7, 11) is 0. The second kappa shape index (κ2) is 8.67. The highest BCUT2D eigenvalue weighted by molar-refractivity contribution is 6.51. The summed E-state index contributed by atoms with van der Waals surface area (Å²) < 4.78 is 53.5. The number of nitro groups is 1. The van der Waals surface area contributed by atoms with Crippen molar-refractivity contribution in [2.45, 2.75) is 12.2 Å². The standard InChI is InChI=1S/C24H14F4N2O5/c25-16-8-4-13(5-9-16)20-19(21(31)14-6-10-17(11-7-14)30(34)35)22(32)23(33)29(20)18-3-1-2-15(12-18)24(26,27)28/h1-12,20,31H/b21-19+. The van der Waals surface area contributed by atoms with Crippen LogP contribution in [0.1, 0.15) is 22.7 Å². The zero-order valence-corrected chi connectivity index (χ0v) is 17.5. The molecular weight excluding hydrogens is 472 g/mol. The number of carbonyl (C=O) groups excluding carboxylic acids is 2. The van der Waals surface area contributed by atoms with Gasteiger partial charge in [0.05, 0.1) is 22.1 Å². The molecule has 7 nitrogen and oxygen atoms in total. The van der Waals surface area contributed by atoms with Gasteiger partial charge in [-0.05, 0) is 48.0 Å². The predicted molar refractivity (Wildman–Crippen MR) is 116 cm³/mol. The molecule has 1 heterocycles. The van der Waals surface area contributed by atoms with E-state index in [9.17, 15) is 42.4 Å². The first-order chi connectivity index (χ1) is 16.5. The monoisotopic (exact) mass is 486 g/mol. The van der Waals surface area contributed by atoms with E-state index in [0.29, 0.717) is 6.07 Å². The fourth-order valence-corrected chi connectivity index (χ4v) is 3.79. The summed E-state index contributed by atoms with van der Waals surface area (Å²) in [4.78, 5) is 37.0. The van der Waals surface area contributed by atoms with E-state index in [4.69, 9.17) is 0 Å². The fraction of sp³-hybridized carbons (Fsp3) is 0.0833. The Morgan fingerprint density at radius 1 is 0.971 bits per heavy atom. The molecule has 0 radical (unpaired) electrons. The maximum absolute atomic E-state index is 13.6. The summed E-state index contributed by atoms with van der Waals surface area (Å²) in [5.74, 6) is -3.73. The number of carbonyl (C=O) groups is 2. The van der Waals surface area contributed by atoms with Gasteiger partial charge < -0.3 is 5.11 Å². The molecule has 178 valence electrons. The SMILES string of the molecule is O=C1C(=O)N(c2cccc(C(F)(F)F)c2)C(c2ccc(F)cc2)/C1=C(\O)c1ccc([N+](=O)[O-])cc1. The lowest BCUT2D eigenvalue weighted by molar-refractivity contribution is -0.384. The highest BCUT2D eigenvalue weighted by atomic mass is 19.4. The van der Waals surface area contributed by atoms with Crippen molar-refractivity contribution >= 4 is 28.8 Å². The Labute approximate surface area is 194 Å². The zero-order chi connectivity index (χ0) is 25.5. The summed E-state index contributed by atoms with van der Waals surface area (Å²) in [5.41, 5.74) is -1.98. The molecule has 1 saturated heterocycles. The minimum Gasteiger partial charge on any atom is -0.507 e. The minimum absolute atomic E-state index is 0.0373. The molecule has 3 aromatic rings. The van der Waals surface area contributed by atoms with Gasteiger partial charge in [-0.25, -0.2) is 4.39 Å². The molecule has 1 amide bonds. The molecule has 1 unspecified atom stereocenters. The van der Waals surface area contributed by atoms with Crippen molar-refractivity contribution in [3.8, 4) is 0 Å². The zero-order valence-electron chi connectivity index (χ0n) is 17.5. The topological polar surface area (TPSA) is 101 Å². The number of aliphatic hydroxyl groups excluding tert-OH is 1. The third-order valence-electron chi connectivity index (χ3n) is 5.43. The van der Waals surface area contributed by atoms with Crippen LogP contribution in [-0.4, -0.2) is 21.7 Å². The maximum atomic E-state index is 13.6.